The van der Waals surface area contributed by atoms with Gasteiger partial charge >= 0.3 is 0 Å². The van der Waals surface area contributed by atoms with E-state index < -0.39 is 5.95 Å². The van der Waals surface area contributed by atoms with Crippen molar-refractivity contribution >= 4 is 5.91 Å². The lowest BCUT2D eigenvalue weighted by molar-refractivity contribution is 0.0922. The zero-order valence-corrected chi connectivity index (χ0v) is 9.53. The second-order valence-electron chi connectivity index (χ2n) is 5.12. The monoisotopic (exact) mass is 234 g/mol. The van der Waals surface area contributed by atoms with Gasteiger partial charge in [-0.25, -0.2) is 4.98 Å². The lowest BCUT2D eigenvalue weighted by atomic mass is 9.95. The molecule has 1 N–H and O–H groups in total. The van der Waals surface area contributed by atoms with Gasteiger partial charge in [-0.2, -0.15) is 4.39 Å². The van der Waals surface area contributed by atoms with Crippen molar-refractivity contribution in [1.29, 1.82) is 0 Å². The average Bonchev–Trinajstić information content (AvgIpc) is 2.91. The molecule has 17 heavy (non-hydrogen) atoms. The Labute approximate surface area is 99.4 Å². The molecule has 0 aromatic carbocycles. The number of pyridine rings is 1. The molecule has 2 fully saturated rings. The third-order valence-corrected chi connectivity index (χ3v) is 4.04. The lowest BCUT2D eigenvalue weighted by Crippen LogP contribution is -2.38. The highest BCUT2D eigenvalue weighted by Crippen LogP contribution is 2.44. The number of aromatic nitrogens is 1. The van der Waals surface area contributed by atoms with Gasteiger partial charge in [0.1, 0.15) is 0 Å². The van der Waals surface area contributed by atoms with Gasteiger partial charge in [0.15, 0.2) is 0 Å². The standard InChI is InChI=1S/C13H15FN2O/c14-12-7-10(3-4-15-12)13(17)16-11-6-8-1-2-9(11)5-8/h3-4,7-9,11H,1-2,5-6H2,(H,16,17). The maximum Gasteiger partial charge on any atom is 0.251 e. The summed E-state index contributed by atoms with van der Waals surface area (Å²) in [6.07, 6.45) is 6.19. The smallest absolute Gasteiger partial charge is 0.251 e. The van der Waals surface area contributed by atoms with E-state index in [0.29, 0.717) is 11.5 Å². The maximum absolute atomic E-state index is 12.9. The Morgan fingerprint density at radius 2 is 2.29 bits per heavy atom. The van der Waals surface area contributed by atoms with E-state index in [1.807, 2.05) is 0 Å². The van der Waals surface area contributed by atoms with Crippen LogP contribution in [0.2, 0.25) is 0 Å². The number of nitrogens with zero attached hydrogens (tertiary/aromatic N) is 1. The van der Waals surface area contributed by atoms with Crippen LogP contribution in [0.5, 0.6) is 0 Å². The quantitative estimate of drug-likeness (QED) is 0.796. The summed E-state index contributed by atoms with van der Waals surface area (Å²) in [5.74, 6) is 0.643. The Morgan fingerprint density at radius 3 is 2.94 bits per heavy atom. The van der Waals surface area contributed by atoms with Gasteiger partial charge in [0.25, 0.3) is 5.91 Å². The fraction of sp³-hybridized carbons (Fsp3) is 0.538. The summed E-state index contributed by atoms with van der Waals surface area (Å²) >= 11 is 0. The van der Waals surface area contributed by atoms with Crippen molar-refractivity contribution in [3.63, 3.8) is 0 Å². The van der Waals surface area contributed by atoms with Crippen LogP contribution in [0, 0.1) is 17.8 Å². The van der Waals surface area contributed by atoms with Gasteiger partial charge < -0.3 is 5.32 Å². The zero-order valence-electron chi connectivity index (χ0n) is 9.53. The molecule has 1 aromatic heterocycles. The summed E-state index contributed by atoms with van der Waals surface area (Å²) in [7, 11) is 0. The van der Waals surface area contributed by atoms with E-state index in [4.69, 9.17) is 0 Å². The summed E-state index contributed by atoms with van der Waals surface area (Å²) in [4.78, 5) is 15.4. The van der Waals surface area contributed by atoms with Crippen molar-refractivity contribution in [1.82, 2.24) is 10.3 Å². The number of nitrogens with one attached hydrogen (secondary N) is 1. The Hall–Kier alpha value is -1.45. The van der Waals surface area contributed by atoms with Gasteiger partial charge in [0, 0.05) is 23.9 Å². The molecule has 0 spiro atoms. The third-order valence-electron chi connectivity index (χ3n) is 4.04. The van der Waals surface area contributed by atoms with Crippen molar-refractivity contribution in [3.8, 4) is 0 Å². The fourth-order valence-electron chi connectivity index (χ4n) is 3.22. The number of fused-ring (bicyclic) bond motifs is 2. The van der Waals surface area contributed by atoms with E-state index in [0.717, 1.165) is 12.3 Å². The SMILES string of the molecule is O=C(NC1CC2CCC1C2)c1ccnc(F)c1. The topological polar surface area (TPSA) is 42.0 Å². The molecule has 4 heteroatoms. The molecule has 2 saturated carbocycles. The van der Waals surface area contributed by atoms with Gasteiger partial charge in [-0.15, -0.1) is 0 Å². The van der Waals surface area contributed by atoms with Crippen molar-refractivity contribution in [2.75, 3.05) is 0 Å². The molecule has 0 saturated heterocycles. The van der Waals surface area contributed by atoms with Gasteiger partial charge in [0.05, 0.1) is 0 Å². The van der Waals surface area contributed by atoms with Crippen LogP contribution in [-0.2, 0) is 0 Å². The Morgan fingerprint density at radius 1 is 1.41 bits per heavy atom. The normalized spacial score (nSPS) is 30.5. The highest BCUT2D eigenvalue weighted by atomic mass is 19.1. The zero-order chi connectivity index (χ0) is 11.8. The number of rotatable bonds is 2. The van der Waals surface area contributed by atoms with Crippen LogP contribution in [0.15, 0.2) is 18.3 Å². The van der Waals surface area contributed by atoms with Crippen molar-refractivity contribution in [3.05, 3.63) is 29.8 Å². The van der Waals surface area contributed by atoms with Crippen LogP contribution < -0.4 is 5.32 Å². The molecular weight excluding hydrogens is 219 g/mol. The summed E-state index contributed by atoms with van der Waals surface area (Å²) in [6.45, 7) is 0. The molecular formula is C13H15FN2O. The molecule has 1 amide bonds. The van der Waals surface area contributed by atoms with Crippen molar-refractivity contribution in [2.45, 2.75) is 31.7 Å². The van der Waals surface area contributed by atoms with Gasteiger partial charge in [-0.3, -0.25) is 4.79 Å². The van der Waals surface area contributed by atoms with Crippen molar-refractivity contribution < 1.29 is 9.18 Å². The van der Waals surface area contributed by atoms with E-state index in [1.165, 1.54) is 31.5 Å². The molecule has 0 radical (unpaired) electrons. The number of halogens is 1. The highest BCUT2D eigenvalue weighted by molar-refractivity contribution is 5.94. The Balaban J connectivity index is 1.68. The fourth-order valence-corrected chi connectivity index (χ4v) is 3.22. The van der Waals surface area contributed by atoms with Crippen LogP contribution in [-0.4, -0.2) is 16.9 Å². The minimum atomic E-state index is -0.606. The lowest BCUT2D eigenvalue weighted by Gasteiger charge is -2.22. The predicted molar refractivity (Wildman–Crippen MR) is 60.9 cm³/mol. The maximum atomic E-state index is 12.9. The van der Waals surface area contributed by atoms with Crippen LogP contribution in [0.3, 0.4) is 0 Å². The van der Waals surface area contributed by atoms with Crippen LogP contribution >= 0.6 is 0 Å². The minimum absolute atomic E-state index is 0.177. The number of amides is 1. The first kappa shape index (κ1) is 10.7. The molecule has 90 valence electrons. The molecule has 2 bridgehead atoms. The van der Waals surface area contributed by atoms with Crippen molar-refractivity contribution in [2.24, 2.45) is 11.8 Å². The highest BCUT2D eigenvalue weighted by Gasteiger charge is 2.40. The minimum Gasteiger partial charge on any atom is -0.349 e. The largest absolute Gasteiger partial charge is 0.349 e. The molecule has 2 aliphatic carbocycles. The second-order valence-corrected chi connectivity index (χ2v) is 5.12. The van der Waals surface area contributed by atoms with E-state index in [1.54, 1.807) is 6.07 Å². The molecule has 0 aliphatic heterocycles. The van der Waals surface area contributed by atoms with E-state index in [-0.39, 0.29) is 11.9 Å². The number of hydrogen-bond acceptors (Lipinski definition) is 2. The summed E-state index contributed by atoms with van der Waals surface area (Å²) in [5.41, 5.74) is 0.361. The third kappa shape index (κ3) is 2.04. The molecule has 3 nitrogen and oxygen atoms in total. The predicted octanol–water partition coefficient (Wildman–Crippen LogP) is 2.14. The molecule has 3 atom stereocenters. The van der Waals surface area contributed by atoms with Gasteiger partial charge in [-0.1, -0.05) is 6.42 Å². The van der Waals surface area contributed by atoms with Crippen LogP contribution in [0.4, 0.5) is 4.39 Å². The first-order valence-electron chi connectivity index (χ1n) is 6.15. The first-order chi connectivity index (χ1) is 8.22. The van der Waals surface area contributed by atoms with E-state index in [9.17, 15) is 9.18 Å². The molecule has 2 aliphatic rings. The van der Waals surface area contributed by atoms with Gasteiger partial charge in [-0.05, 0) is 37.2 Å². The van der Waals surface area contributed by atoms with Gasteiger partial charge in [0.2, 0.25) is 5.95 Å². The van der Waals surface area contributed by atoms with Crippen LogP contribution in [0.1, 0.15) is 36.0 Å². The Kier molecular flexibility index (Phi) is 2.57. The molecule has 3 rings (SSSR count). The summed E-state index contributed by atoms with van der Waals surface area (Å²) in [5, 5.41) is 3.02. The Bertz CT molecular complexity index is 449. The van der Waals surface area contributed by atoms with E-state index >= 15 is 0 Å². The average molecular weight is 234 g/mol. The number of hydrogen-bond donors (Lipinski definition) is 1. The molecule has 1 heterocycles. The van der Waals surface area contributed by atoms with E-state index in [2.05, 4.69) is 10.3 Å². The second kappa shape index (κ2) is 4.09. The number of carbonyl (C=O) groups is 1. The summed E-state index contributed by atoms with van der Waals surface area (Å²) < 4.78 is 12.9. The first-order valence-corrected chi connectivity index (χ1v) is 6.15. The number of carbonyl (C=O) groups excluding carboxylic acids is 1. The molecule has 1 aromatic rings. The molecule has 3 unspecified atom stereocenters. The summed E-state index contributed by atoms with van der Waals surface area (Å²) in [6, 6.07) is 3.02. The van der Waals surface area contributed by atoms with Crippen LogP contribution in [0.25, 0.3) is 0 Å².